The van der Waals surface area contributed by atoms with Gasteiger partial charge in [0.2, 0.25) is 10.0 Å². The lowest BCUT2D eigenvalue weighted by molar-refractivity contribution is -0.149. The molecule has 0 atom stereocenters. The first kappa shape index (κ1) is 24.7. The van der Waals surface area contributed by atoms with E-state index in [-0.39, 0.29) is 24.6 Å². The molecular weight excluding hydrogens is 448 g/mol. The molecule has 0 aliphatic carbocycles. The fourth-order valence-corrected chi connectivity index (χ4v) is 5.00. The number of carbonyl (C=O) groups excluding carboxylic acids is 2. The number of nitrogens with one attached hydrogen (secondary N) is 1. The molecule has 10 heteroatoms. The van der Waals surface area contributed by atoms with Crippen molar-refractivity contribution in [3.05, 3.63) is 53.6 Å². The molecule has 1 heterocycles. The summed E-state index contributed by atoms with van der Waals surface area (Å²) in [6, 6.07) is 12.0. The first-order chi connectivity index (χ1) is 15.8. The molecule has 9 nitrogen and oxygen atoms in total. The third-order valence-electron chi connectivity index (χ3n) is 5.12. The second-order valence-corrected chi connectivity index (χ2v) is 9.36. The van der Waals surface area contributed by atoms with Gasteiger partial charge in [0.1, 0.15) is 5.75 Å². The van der Waals surface area contributed by atoms with E-state index in [1.165, 1.54) is 10.4 Å². The van der Waals surface area contributed by atoms with Gasteiger partial charge in [-0.05, 0) is 42.7 Å². The molecule has 1 fully saturated rings. The van der Waals surface area contributed by atoms with E-state index in [2.05, 4.69) is 5.32 Å². The number of ether oxygens (including phenoxy) is 3. The van der Waals surface area contributed by atoms with Gasteiger partial charge >= 0.3 is 5.97 Å². The van der Waals surface area contributed by atoms with Gasteiger partial charge in [0.05, 0.1) is 18.1 Å². The number of aryl methyl sites for hydroxylation is 2. The first-order valence-corrected chi connectivity index (χ1v) is 12.1. The Morgan fingerprint density at radius 2 is 1.82 bits per heavy atom. The van der Waals surface area contributed by atoms with Crippen molar-refractivity contribution >= 4 is 27.6 Å². The standard InChI is InChI=1S/C23H28N2O7S/c1-3-18-6-4-5-7-20(18)31-16-23(27)32-15-22(26)24-19-9-8-17(2)21(14-19)33(28,29)25-10-12-30-13-11-25/h4-9,14H,3,10-13,15-16H2,1-2H3,(H,24,26). The maximum atomic E-state index is 13.0. The maximum Gasteiger partial charge on any atom is 0.344 e. The van der Waals surface area contributed by atoms with Crippen LogP contribution in [0.1, 0.15) is 18.1 Å². The predicted octanol–water partition coefficient (Wildman–Crippen LogP) is 2.14. The Balaban J connectivity index is 1.55. The summed E-state index contributed by atoms with van der Waals surface area (Å²) in [7, 11) is -3.72. The number of rotatable bonds is 9. The molecule has 0 saturated carbocycles. The van der Waals surface area contributed by atoms with Crippen molar-refractivity contribution in [2.75, 3.05) is 44.8 Å². The van der Waals surface area contributed by atoms with Gasteiger partial charge in [-0.15, -0.1) is 0 Å². The van der Waals surface area contributed by atoms with Crippen LogP contribution < -0.4 is 10.1 Å². The molecule has 0 unspecified atom stereocenters. The Hall–Kier alpha value is -2.95. The molecular formula is C23H28N2O7S. The molecule has 0 bridgehead atoms. The van der Waals surface area contributed by atoms with Gasteiger partial charge in [-0.2, -0.15) is 4.31 Å². The van der Waals surface area contributed by atoms with Crippen LogP contribution in [0.25, 0.3) is 0 Å². The van der Waals surface area contributed by atoms with Crippen molar-refractivity contribution in [1.82, 2.24) is 4.31 Å². The monoisotopic (exact) mass is 476 g/mol. The van der Waals surface area contributed by atoms with E-state index in [9.17, 15) is 18.0 Å². The molecule has 1 saturated heterocycles. The topological polar surface area (TPSA) is 111 Å². The number of para-hydroxylation sites is 1. The van der Waals surface area contributed by atoms with Crippen LogP contribution in [0.2, 0.25) is 0 Å². The minimum absolute atomic E-state index is 0.113. The second-order valence-electron chi connectivity index (χ2n) is 7.46. The van der Waals surface area contributed by atoms with Gasteiger partial charge in [0.25, 0.3) is 5.91 Å². The molecule has 33 heavy (non-hydrogen) atoms. The molecule has 178 valence electrons. The van der Waals surface area contributed by atoms with Crippen molar-refractivity contribution < 1.29 is 32.2 Å². The van der Waals surface area contributed by atoms with Crippen LogP contribution in [0, 0.1) is 6.92 Å². The average Bonchev–Trinajstić information content (AvgIpc) is 2.83. The Bertz CT molecular complexity index is 1100. The first-order valence-electron chi connectivity index (χ1n) is 10.7. The quantitative estimate of drug-likeness (QED) is 0.552. The van der Waals surface area contributed by atoms with E-state index in [0.717, 1.165) is 12.0 Å². The highest BCUT2D eigenvalue weighted by molar-refractivity contribution is 7.89. The van der Waals surface area contributed by atoms with Crippen LogP contribution in [0.15, 0.2) is 47.4 Å². The van der Waals surface area contributed by atoms with Gasteiger partial charge < -0.3 is 19.5 Å². The minimum Gasteiger partial charge on any atom is -0.482 e. The molecule has 1 aliphatic rings. The van der Waals surface area contributed by atoms with Crippen LogP contribution in [-0.2, 0) is 35.5 Å². The number of nitrogens with zero attached hydrogens (tertiary/aromatic N) is 1. The lowest BCUT2D eigenvalue weighted by Crippen LogP contribution is -2.40. The molecule has 0 spiro atoms. The molecule has 0 radical (unpaired) electrons. The minimum atomic E-state index is -3.72. The fourth-order valence-electron chi connectivity index (χ4n) is 3.34. The van der Waals surface area contributed by atoms with Gasteiger partial charge in [-0.25, -0.2) is 13.2 Å². The van der Waals surface area contributed by atoms with Crippen molar-refractivity contribution in [1.29, 1.82) is 0 Å². The summed E-state index contributed by atoms with van der Waals surface area (Å²) in [6.07, 6.45) is 0.757. The zero-order chi connectivity index (χ0) is 23.8. The number of hydrogen-bond donors (Lipinski definition) is 1. The summed E-state index contributed by atoms with van der Waals surface area (Å²) in [5, 5.41) is 2.57. The summed E-state index contributed by atoms with van der Waals surface area (Å²) in [4.78, 5) is 24.3. The van der Waals surface area contributed by atoms with Gasteiger partial charge in [-0.1, -0.05) is 31.2 Å². The van der Waals surface area contributed by atoms with Crippen LogP contribution in [0.3, 0.4) is 0 Å². The lowest BCUT2D eigenvalue weighted by Gasteiger charge is -2.26. The summed E-state index contributed by atoms with van der Waals surface area (Å²) < 4.78 is 43.0. The van der Waals surface area contributed by atoms with E-state index >= 15 is 0 Å². The van der Waals surface area contributed by atoms with Gasteiger partial charge in [0, 0.05) is 18.8 Å². The van der Waals surface area contributed by atoms with E-state index in [1.54, 1.807) is 25.1 Å². The van der Waals surface area contributed by atoms with E-state index in [0.29, 0.717) is 30.2 Å². The summed E-state index contributed by atoms with van der Waals surface area (Å²) in [5.41, 5.74) is 1.82. The third-order valence-corrected chi connectivity index (χ3v) is 7.16. The van der Waals surface area contributed by atoms with E-state index < -0.39 is 28.5 Å². The number of esters is 1. The smallest absolute Gasteiger partial charge is 0.344 e. The maximum absolute atomic E-state index is 13.0. The molecule has 1 N–H and O–H groups in total. The summed E-state index contributed by atoms with van der Waals surface area (Å²) in [5.74, 6) is -0.679. The number of carbonyl (C=O) groups is 2. The SMILES string of the molecule is CCc1ccccc1OCC(=O)OCC(=O)Nc1ccc(C)c(S(=O)(=O)N2CCOCC2)c1. The Morgan fingerprint density at radius 3 is 2.55 bits per heavy atom. The Morgan fingerprint density at radius 1 is 1.09 bits per heavy atom. The molecule has 2 aromatic rings. The van der Waals surface area contributed by atoms with Crippen LogP contribution in [0.5, 0.6) is 5.75 Å². The highest BCUT2D eigenvalue weighted by Crippen LogP contribution is 2.24. The second kappa shape index (κ2) is 11.3. The predicted molar refractivity (Wildman–Crippen MR) is 122 cm³/mol. The van der Waals surface area contributed by atoms with E-state index in [1.807, 2.05) is 25.1 Å². The zero-order valence-corrected chi connectivity index (χ0v) is 19.5. The zero-order valence-electron chi connectivity index (χ0n) is 18.7. The average molecular weight is 477 g/mol. The molecule has 1 amide bonds. The van der Waals surface area contributed by atoms with Crippen molar-refractivity contribution in [3.8, 4) is 5.75 Å². The van der Waals surface area contributed by atoms with Crippen molar-refractivity contribution in [3.63, 3.8) is 0 Å². The number of sulfonamides is 1. The van der Waals surface area contributed by atoms with Gasteiger partial charge in [0.15, 0.2) is 13.2 Å². The molecule has 2 aromatic carbocycles. The highest BCUT2D eigenvalue weighted by atomic mass is 32.2. The highest BCUT2D eigenvalue weighted by Gasteiger charge is 2.28. The summed E-state index contributed by atoms with van der Waals surface area (Å²) in [6.45, 7) is 4.07. The third kappa shape index (κ3) is 6.53. The summed E-state index contributed by atoms with van der Waals surface area (Å²) >= 11 is 0. The number of benzene rings is 2. The largest absolute Gasteiger partial charge is 0.482 e. The fraction of sp³-hybridized carbons (Fsp3) is 0.391. The van der Waals surface area contributed by atoms with Crippen LogP contribution in [-0.4, -0.2) is 64.1 Å². The Labute approximate surface area is 193 Å². The van der Waals surface area contributed by atoms with E-state index in [4.69, 9.17) is 14.2 Å². The molecule has 3 rings (SSSR count). The Kier molecular flexibility index (Phi) is 8.43. The number of hydrogen-bond acceptors (Lipinski definition) is 7. The lowest BCUT2D eigenvalue weighted by atomic mass is 10.1. The van der Waals surface area contributed by atoms with Crippen molar-refractivity contribution in [2.24, 2.45) is 0 Å². The van der Waals surface area contributed by atoms with Crippen LogP contribution >= 0.6 is 0 Å². The van der Waals surface area contributed by atoms with Crippen LogP contribution in [0.4, 0.5) is 5.69 Å². The number of morpholine rings is 1. The van der Waals surface area contributed by atoms with Gasteiger partial charge in [-0.3, -0.25) is 4.79 Å². The molecule has 0 aromatic heterocycles. The normalized spacial score (nSPS) is 14.5. The van der Waals surface area contributed by atoms with Crippen molar-refractivity contribution in [2.45, 2.75) is 25.2 Å². The molecule has 1 aliphatic heterocycles. The number of anilines is 1. The number of amides is 1.